The van der Waals surface area contributed by atoms with Crippen molar-refractivity contribution in [2.75, 3.05) is 5.73 Å². The van der Waals surface area contributed by atoms with Gasteiger partial charge in [0.25, 0.3) is 0 Å². The quantitative estimate of drug-likeness (QED) is 0.697. The van der Waals surface area contributed by atoms with E-state index < -0.39 is 14.1 Å². The molecule has 0 saturated carbocycles. The number of nitrogens with zero attached hydrogens (tertiary/aromatic N) is 2. The van der Waals surface area contributed by atoms with E-state index in [2.05, 4.69) is 18.8 Å². The molecule has 0 bridgehead atoms. The number of fused-ring (bicyclic) bond motifs is 1. The molecular formula is C19H33N3O4SSi. The summed E-state index contributed by atoms with van der Waals surface area (Å²) in [6.45, 7) is 13.9. The number of nitrogens with two attached hydrogens (primary N) is 1. The van der Waals surface area contributed by atoms with Crippen molar-refractivity contribution in [3.63, 3.8) is 0 Å². The van der Waals surface area contributed by atoms with Crippen LogP contribution in [-0.2, 0) is 9.47 Å². The molecule has 2 aliphatic rings. The lowest BCUT2D eigenvalue weighted by Crippen LogP contribution is -2.40. The maximum absolute atomic E-state index is 12.5. The van der Waals surface area contributed by atoms with Crippen molar-refractivity contribution in [2.45, 2.75) is 94.2 Å². The predicted octanol–water partition coefficient (Wildman–Crippen LogP) is 3.03. The van der Waals surface area contributed by atoms with E-state index in [9.17, 15) is 9.59 Å². The van der Waals surface area contributed by atoms with Gasteiger partial charge in [-0.05, 0) is 51.7 Å². The molecule has 1 aromatic heterocycles. The normalized spacial score (nSPS) is 29.9. The SMILES string of the molecule is Cc1cn([C@@H]2S[C@H](CCC(C)(C)[Si](C)(C)O)[C@H]3OC(C)(C)O[C@H]32)c(=O)nc1N. The number of aromatic nitrogens is 2. The van der Waals surface area contributed by atoms with Gasteiger partial charge in [-0.2, -0.15) is 4.98 Å². The van der Waals surface area contributed by atoms with Crippen LogP contribution in [0.4, 0.5) is 5.82 Å². The van der Waals surface area contributed by atoms with Crippen molar-refractivity contribution in [2.24, 2.45) is 0 Å². The molecule has 7 nitrogen and oxygen atoms in total. The van der Waals surface area contributed by atoms with Gasteiger partial charge < -0.3 is 20.0 Å². The molecule has 2 saturated heterocycles. The fraction of sp³-hybridized carbons (Fsp3) is 0.789. The maximum atomic E-state index is 12.5. The van der Waals surface area contributed by atoms with Gasteiger partial charge in [-0.3, -0.25) is 4.57 Å². The van der Waals surface area contributed by atoms with E-state index in [1.807, 2.05) is 33.9 Å². The third-order valence-electron chi connectivity index (χ3n) is 6.28. The first kappa shape index (κ1) is 21.8. The van der Waals surface area contributed by atoms with Crippen LogP contribution in [0.3, 0.4) is 0 Å². The Bertz CT molecular complexity index is 805. The third-order valence-corrected chi connectivity index (χ3v) is 11.5. The van der Waals surface area contributed by atoms with Crippen LogP contribution in [0.25, 0.3) is 0 Å². The van der Waals surface area contributed by atoms with E-state index in [0.717, 1.165) is 18.4 Å². The minimum Gasteiger partial charge on any atom is -0.432 e. The zero-order valence-corrected chi connectivity index (χ0v) is 19.7. The summed E-state index contributed by atoms with van der Waals surface area (Å²) in [4.78, 5) is 27.1. The maximum Gasteiger partial charge on any atom is 0.350 e. The Kier molecular flexibility index (Phi) is 5.55. The Balaban J connectivity index is 1.87. The summed E-state index contributed by atoms with van der Waals surface area (Å²) in [5.74, 6) is -0.425. The molecule has 4 atom stereocenters. The predicted molar refractivity (Wildman–Crippen MR) is 115 cm³/mol. The van der Waals surface area contributed by atoms with Crippen molar-refractivity contribution in [1.82, 2.24) is 9.55 Å². The second-order valence-corrected chi connectivity index (χ2v) is 15.4. The fourth-order valence-corrected chi connectivity index (χ4v) is 6.07. The summed E-state index contributed by atoms with van der Waals surface area (Å²) in [6.07, 6.45) is 3.23. The van der Waals surface area contributed by atoms with Crippen LogP contribution in [0.15, 0.2) is 11.0 Å². The molecule has 0 amide bonds. The van der Waals surface area contributed by atoms with Crippen molar-refractivity contribution in [3.8, 4) is 0 Å². The van der Waals surface area contributed by atoms with Gasteiger partial charge in [0.15, 0.2) is 14.1 Å². The van der Waals surface area contributed by atoms with Crippen LogP contribution >= 0.6 is 11.8 Å². The smallest absolute Gasteiger partial charge is 0.350 e. The zero-order chi connectivity index (χ0) is 21.1. The van der Waals surface area contributed by atoms with Crippen LogP contribution in [0.1, 0.15) is 51.5 Å². The first-order valence-corrected chi connectivity index (χ1v) is 13.7. The lowest BCUT2D eigenvalue weighted by molar-refractivity contribution is -0.149. The van der Waals surface area contributed by atoms with Gasteiger partial charge in [0.05, 0.1) is 0 Å². The molecule has 0 unspecified atom stereocenters. The molecule has 0 aromatic carbocycles. The zero-order valence-electron chi connectivity index (χ0n) is 17.9. The van der Waals surface area contributed by atoms with Gasteiger partial charge in [-0.1, -0.05) is 13.8 Å². The Labute approximate surface area is 172 Å². The number of thioether (sulfide) groups is 1. The van der Waals surface area contributed by atoms with E-state index >= 15 is 0 Å². The lowest BCUT2D eigenvalue weighted by Gasteiger charge is -2.36. The standard InChI is InChI=1S/C19H33N3O4SSi/c1-11-10-22(17(23)21-15(11)20)16-14-13(25-19(4,5)26-14)12(27-16)8-9-18(2,3)28(6,7)24/h10,12-14,16,24H,8-9H2,1-7H3,(H2,20,21,23)/t12-,13-,14-,16-/m1/s1. The molecule has 3 heterocycles. The number of hydrogen-bond acceptors (Lipinski definition) is 7. The van der Waals surface area contributed by atoms with Crippen LogP contribution in [0.5, 0.6) is 0 Å². The molecular weight excluding hydrogens is 394 g/mol. The van der Waals surface area contributed by atoms with Gasteiger partial charge in [-0.15, -0.1) is 11.8 Å². The molecule has 2 aliphatic heterocycles. The molecule has 9 heteroatoms. The van der Waals surface area contributed by atoms with E-state index in [0.29, 0.717) is 0 Å². The van der Waals surface area contributed by atoms with Crippen molar-refractivity contribution in [1.29, 1.82) is 0 Å². The first-order valence-electron chi connectivity index (χ1n) is 9.81. The molecule has 158 valence electrons. The number of anilines is 1. The first-order chi connectivity index (χ1) is 12.7. The molecule has 0 spiro atoms. The number of rotatable bonds is 5. The van der Waals surface area contributed by atoms with Crippen molar-refractivity contribution >= 4 is 25.9 Å². The highest BCUT2D eigenvalue weighted by molar-refractivity contribution is 8.00. The molecule has 0 radical (unpaired) electrons. The topological polar surface area (TPSA) is 99.6 Å². The second-order valence-electron chi connectivity index (χ2n) is 9.61. The Morgan fingerprint density at radius 3 is 2.57 bits per heavy atom. The van der Waals surface area contributed by atoms with Gasteiger partial charge >= 0.3 is 5.69 Å². The lowest BCUT2D eigenvalue weighted by atomic mass is 10.0. The molecule has 3 rings (SSSR count). The van der Waals surface area contributed by atoms with E-state index in [-0.39, 0.29) is 39.4 Å². The average Bonchev–Trinajstić information content (AvgIpc) is 3.01. The molecule has 0 aliphatic carbocycles. The number of ether oxygens (including phenoxy) is 2. The highest BCUT2D eigenvalue weighted by Gasteiger charge is 2.55. The van der Waals surface area contributed by atoms with Crippen molar-refractivity contribution in [3.05, 3.63) is 22.2 Å². The van der Waals surface area contributed by atoms with Gasteiger partial charge in [-0.25, -0.2) is 4.79 Å². The second kappa shape index (κ2) is 7.12. The molecule has 2 fully saturated rings. The fourth-order valence-electron chi connectivity index (χ4n) is 3.69. The highest BCUT2D eigenvalue weighted by atomic mass is 32.2. The van der Waals surface area contributed by atoms with Crippen LogP contribution in [0.2, 0.25) is 18.1 Å². The summed E-state index contributed by atoms with van der Waals surface area (Å²) in [5.41, 5.74) is 6.20. The third kappa shape index (κ3) is 4.05. The molecule has 1 aromatic rings. The summed E-state index contributed by atoms with van der Waals surface area (Å²) < 4.78 is 14.1. The van der Waals surface area contributed by atoms with Crippen molar-refractivity contribution < 1.29 is 14.3 Å². The van der Waals surface area contributed by atoms with Gasteiger partial charge in [0, 0.05) is 17.0 Å². The average molecular weight is 428 g/mol. The van der Waals surface area contributed by atoms with Crippen LogP contribution < -0.4 is 11.4 Å². The summed E-state index contributed by atoms with van der Waals surface area (Å²) >= 11 is 1.70. The minimum atomic E-state index is -2.28. The summed E-state index contributed by atoms with van der Waals surface area (Å²) in [6, 6.07) is 0. The number of aryl methyl sites for hydroxylation is 1. The van der Waals surface area contributed by atoms with Gasteiger partial charge in [0.1, 0.15) is 23.4 Å². The monoisotopic (exact) mass is 427 g/mol. The van der Waals surface area contributed by atoms with Crippen LogP contribution in [-0.4, -0.2) is 45.9 Å². The molecule has 28 heavy (non-hydrogen) atoms. The van der Waals surface area contributed by atoms with Gasteiger partial charge in [0.2, 0.25) is 0 Å². The number of nitrogen functional groups attached to an aromatic ring is 1. The highest BCUT2D eigenvalue weighted by Crippen LogP contribution is 2.53. The Hall–Kier alpha value is -0.873. The molecule has 3 N–H and O–H groups in total. The summed E-state index contributed by atoms with van der Waals surface area (Å²) in [7, 11) is -2.28. The Morgan fingerprint density at radius 2 is 1.96 bits per heavy atom. The number of hydrogen-bond donors (Lipinski definition) is 2. The van der Waals surface area contributed by atoms with E-state index in [4.69, 9.17) is 15.2 Å². The Morgan fingerprint density at radius 1 is 1.36 bits per heavy atom. The largest absolute Gasteiger partial charge is 0.432 e. The van der Waals surface area contributed by atoms with Crippen LogP contribution in [0, 0.1) is 6.92 Å². The van der Waals surface area contributed by atoms with E-state index in [1.165, 1.54) is 0 Å². The minimum absolute atomic E-state index is 0.103. The van der Waals surface area contributed by atoms with E-state index in [1.54, 1.807) is 22.5 Å². The summed E-state index contributed by atoms with van der Waals surface area (Å²) in [5, 5.41) is -0.137.